The minimum Gasteiger partial charge on any atom is -0.496 e. The first-order chi connectivity index (χ1) is 15.9. The van der Waals surface area contributed by atoms with Crippen LogP contribution in [0.2, 0.25) is 0 Å². The Morgan fingerprint density at radius 3 is 2.15 bits per heavy atom. The standard InChI is InChI=1S/C27H26N2O4/c1-17-13-14-20(15-18(17)2)28-25-24(21-10-6-8-12-23(21)33-4)26(30)29(27(25)31)16-19-9-5-7-11-22(19)32-3/h5-15,28H,16H2,1-4H3. The van der Waals surface area contributed by atoms with E-state index >= 15 is 0 Å². The van der Waals surface area contributed by atoms with Gasteiger partial charge in [0.05, 0.1) is 26.3 Å². The van der Waals surface area contributed by atoms with Crippen molar-refractivity contribution in [2.24, 2.45) is 0 Å². The lowest BCUT2D eigenvalue weighted by atomic mass is 10.0. The Balaban J connectivity index is 1.80. The highest BCUT2D eigenvalue weighted by Crippen LogP contribution is 2.36. The predicted octanol–water partition coefficient (Wildman–Crippen LogP) is 4.71. The third-order valence-electron chi connectivity index (χ3n) is 5.84. The molecule has 0 unspecified atom stereocenters. The summed E-state index contributed by atoms with van der Waals surface area (Å²) in [6.07, 6.45) is 0. The van der Waals surface area contributed by atoms with E-state index in [0.29, 0.717) is 17.1 Å². The zero-order valence-electron chi connectivity index (χ0n) is 19.1. The van der Waals surface area contributed by atoms with Crippen LogP contribution in [-0.2, 0) is 16.1 Å². The maximum Gasteiger partial charge on any atom is 0.278 e. The monoisotopic (exact) mass is 442 g/mol. The topological polar surface area (TPSA) is 67.9 Å². The van der Waals surface area contributed by atoms with Gasteiger partial charge >= 0.3 is 0 Å². The first-order valence-electron chi connectivity index (χ1n) is 10.6. The molecule has 0 saturated heterocycles. The summed E-state index contributed by atoms with van der Waals surface area (Å²) < 4.78 is 10.9. The van der Waals surface area contributed by atoms with Gasteiger partial charge in [-0.15, -0.1) is 0 Å². The molecular weight excluding hydrogens is 416 g/mol. The van der Waals surface area contributed by atoms with Crippen molar-refractivity contribution in [1.29, 1.82) is 0 Å². The van der Waals surface area contributed by atoms with Gasteiger partial charge in [0.1, 0.15) is 17.2 Å². The molecule has 1 N–H and O–H groups in total. The quantitative estimate of drug-likeness (QED) is 0.537. The van der Waals surface area contributed by atoms with E-state index in [9.17, 15) is 9.59 Å². The van der Waals surface area contributed by atoms with Gasteiger partial charge in [-0.05, 0) is 49.2 Å². The Morgan fingerprint density at radius 2 is 1.45 bits per heavy atom. The third-order valence-corrected chi connectivity index (χ3v) is 5.84. The highest BCUT2D eigenvalue weighted by molar-refractivity contribution is 6.37. The van der Waals surface area contributed by atoms with Crippen molar-refractivity contribution in [1.82, 2.24) is 4.90 Å². The van der Waals surface area contributed by atoms with Crippen molar-refractivity contribution in [3.05, 3.63) is 94.7 Å². The zero-order chi connectivity index (χ0) is 23.5. The van der Waals surface area contributed by atoms with Crippen LogP contribution in [0.3, 0.4) is 0 Å². The lowest BCUT2D eigenvalue weighted by molar-refractivity contribution is -0.137. The molecule has 4 rings (SSSR count). The van der Waals surface area contributed by atoms with Gasteiger partial charge in [0, 0.05) is 16.8 Å². The van der Waals surface area contributed by atoms with Gasteiger partial charge in [-0.2, -0.15) is 0 Å². The number of hydrogen-bond donors (Lipinski definition) is 1. The largest absolute Gasteiger partial charge is 0.496 e. The van der Waals surface area contributed by atoms with Crippen molar-refractivity contribution in [2.75, 3.05) is 19.5 Å². The molecule has 0 radical (unpaired) electrons. The number of carbonyl (C=O) groups is 2. The van der Waals surface area contributed by atoms with E-state index in [0.717, 1.165) is 22.4 Å². The van der Waals surface area contributed by atoms with Crippen LogP contribution in [-0.4, -0.2) is 30.9 Å². The molecular formula is C27H26N2O4. The molecule has 3 aromatic rings. The number of methoxy groups -OCH3 is 2. The lowest BCUT2D eigenvalue weighted by Crippen LogP contribution is -2.32. The van der Waals surface area contributed by atoms with E-state index in [1.165, 1.54) is 4.90 Å². The van der Waals surface area contributed by atoms with E-state index in [1.54, 1.807) is 26.4 Å². The number of benzene rings is 3. The summed E-state index contributed by atoms with van der Waals surface area (Å²) in [7, 11) is 3.11. The fourth-order valence-electron chi connectivity index (χ4n) is 3.90. The highest BCUT2D eigenvalue weighted by Gasteiger charge is 2.40. The summed E-state index contributed by atoms with van der Waals surface area (Å²) in [5.74, 6) is 0.353. The van der Waals surface area contributed by atoms with Crippen LogP contribution in [0.25, 0.3) is 5.57 Å². The SMILES string of the molecule is COc1ccccc1CN1C(=O)C(Nc2ccc(C)c(C)c2)=C(c2ccccc2OC)C1=O. The first-order valence-corrected chi connectivity index (χ1v) is 10.6. The molecule has 0 spiro atoms. The summed E-state index contributed by atoms with van der Waals surface area (Å²) in [6.45, 7) is 4.13. The number of anilines is 1. The summed E-state index contributed by atoms with van der Waals surface area (Å²) in [4.78, 5) is 28.4. The Kier molecular flexibility index (Phi) is 6.18. The highest BCUT2D eigenvalue weighted by atomic mass is 16.5. The number of rotatable bonds is 7. The van der Waals surface area contributed by atoms with Crippen molar-refractivity contribution in [3.8, 4) is 11.5 Å². The molecule has 1 aliphatic heterocycles. The number of aryl methyl sites for hydroxylation is 2. The molecule has 2 amide bonds. The number of nitrogens with zero attached hydrogens (tertiary/aromatic N) is 1. The number of carbonyl (C=O) groups excluding carboxylic acids is 2. The van der Waals surface area contributed by atoms with E-state index in [1.807, 2.05) is 68.4 Å². The van der Waals surface area contributed by atoms with Gasteiger partial charge in [0.25, 0.3) is 11.8 Å². The third kappa shape index (κ3) is 4.20. The van der Waals surface area contributed by atoms with Gasteiger partial charge in [-0.1, -0.05) is 42.5 Å². The number of para-hydroxylation sites is 2. The molecule has 0 bridgehead atoms. The van der Waals surface area contributed by atoms with Gasteiger partial charge in [-0.25, -0.2) is 0 Å². The minimum atomic E-state index is -0.398. The van der Waals surface area contributed by atoms with Crippen LogP contribution in [0.15, 0.2) is 72.4 Å². The van der Waals surface area contributed by atoms with Gasteiger partial charge in [0.15, 0.2) is 0 Å². The van der Waals surface area contributed by atoms with Crippen molar-refractivity contribution < 1.29 is 19.1 Å². The zero-order valence-corrected chi connectivity index (χ0v) is 19.1. The molecule has 1 heterocycles. The maximum atomic E-state index is 13.6. The van der Waals surface area contributed by atoms with E-state index in [2.05, 4.69) is 5.32 Å². The van der Waals surface area contributed by atoms with E-state index in [-0.39, 0.29) is 23.7 Å². The molecule has 0 aromatic heterocycles. The van der Waals surface area contributed by atoms with Gasteiger partial charge < -0.3 is 14.8 Å². The van der Waals surface area contributed by atoms with E-state index < -0.39 is 5.91 Å². The summed E-state index contributed by atoms with van der Waals surface area (Å²) in [5.41, 5.74) is 4.78. The number of imide groups is 1. The molecule has 6 nitrogen and oxygen atoms in total. The minimum absolute atomic E-state index is 0.0957. The molecule has 0 fully saturated rings. The van der Waals surface area contributed by atoms with Crippen LogP contribution in [0.5, 0.6) is 11.5 Å². The fourth-order valence-corrected chi connectivity index (χ4v) is 3.90. The number of hydrogen-bond acceptors (Lipinski definition) is 5. The van der Waals surface area contributed by atoms with Gasteiger partial charge in [-0.3, -0.25) is 14.5 Å². The van der Waals surface area contributed by atoms with Crippen molar-refractivity contribution in [3.63, 3.8) is 0 Å². The second-order valence-electron chi connectivity index (χ2n) is 7.88. The van der Waals surface area contributed by atoms with Gasteiger partial charge in [0.2, 0.25) is 0 Å². The Morgan fingerprint density at radius 1 is 0.788 bits per heavy atom. The van der Waals surface area contributed by atoms with Crippen molar-refractivity contribution in [2.45, 2.75) is 20.4 Å². The summed E-state index contributed by atoms with van der Waals surface area (Å²) >= 11 is 0. The first kappa shape index (κ1) is 22.1. The van der Waals surface area contributed by atoms with Crippen LogP contribution < -0.4 is 14.8 Å². The lowest BCUT2D eigenvalue weighted by Gasteiger charge is -2.17. The van der Waals surface area contributed by atoms with Crippen LogP contribution >= 0.6 is 0 Å². The summed E-state index contributed by atoms with van der Waals surface area (Å²) in [5, 5.41) is 3.21. The average molecular weight is 443 g/mol. The van der Waals surface area contributed by atoms with Crippen molar-refractivity contribution >= 4 is 23.1 Å². The van der Waals surface area contributed by atoms with Crippen LogP contribution in [0.4, 0.5) is 5.69 Å². The molecule has 0 saturated carbocycles. The number of amides is 2. The molecule has 1 aliphatic rings. The molecule has 168 valence electrons. The number of ether oxygens (including phenoxy) is 2. The molecule has 0 atom stereocenters. The maximum absolute atomic E-state index is 13.6. The predicted molar refractivity (Wildman–Crippen MR) is 128 cm³/mol. The molecule has 3 aromatic carbocycles. The van der Waals surface area contributed by atoms with Crippen LogP contribution in [0.1, 0.15) is 22.3 Å². The smallest absolute Gasteiger partial charge is 0.278 e. The molecule has 6 heteroatoms. The second kappa shape index (κ2) is 9.20. The molecule has 33 heavy (non-hydrogen) atoms. The normalized spacial score (nSPS) is 13.5. The Hall–Kier alpha value is -4.06. The Labute approximate surface area is 193 Å². The van der Waals surface area contributed by atoms with Crippen LogP contribution in [0, 0.1) is 13.8 Å². The van der Waals surface area contributed by atoms with E-state index in [4.69, 9.17) is 9.47 Å². The average Bonchev–Trinajstić information content (AvgIpc) is 3.05. The number of nitrogens with one attached hydrogen (secondary N) is 1. The molecule has 0 aliphatic carbocycles. The second-order valence-corrected chi connectivity index (χ2v) is 7.88. The summed E-state index contributed by atoms with van der Waals surface area (Å²) in [6, 6.07) is 20.4. The Bertz CT molecular complexity index is 1260. The fraction of sp³-hybridized carbons (Fsp3) is 0.185.